The van der Waals surface area contributed by atoms with Crippen LogP contribution in [0.15, 0.2) is 53.9 Å². The Morgan fingerprint density at radius 1 is 0.955 bits per heavy atom. The molecule has 108 valence electrons. The number of fused-ring (bicyclic) bond motifs is 2. The number of hydrogen-bond donors (Lipinski definition) is 0. The van der Waals surface area contributed by atoms with Crippen LogP contribution >= 0.6 is 11.3 Å². The van der Waals surface area contributed by atoms with Gasteiger partial charge in [-0.2, -0.15) is 0 Å². The number of Topliss-reactive ketones (excluding diaryl/α,β-unsaturated/α-hetero) is 1. The molecule has 1 amide bonds. The minimum absolute atomic E-state index is 0.397. The smallest absolute Gasteiger partial charge is 0.299 e. The molecule has 0 N–H and O–H groups in total. The number of hydrogen-bond acceptors (Lipinski definition) is 3. The fourth-order valence-corrected chi connectivity index (χ4v) is 3.93. The summed E-state index contributed by atoms with van der Waals surface area (Å²) in [6.07, 6.45) is 0.747. The summed E-state index contributed by atoms with van der Waals surface area (Å²) in [6, 6.07) is 15.5. The Kier molecular flexibility index (Phi) is 3.05. The van der Waals surface area contributed by atoms with Crippen molar-refractivity contribution >= 4 is 38.8 Å². The van der Waals surface area contributed by atoms with Gasteiger partial charge in [-0.15, -0.1) is 11.3 Å². The molecule has 1 aliphatic heterocycles. The van der Waals surface area contributed by atoms with Gasteiger partial charge in [-0.3, -0.25) is 9.59 Å². The van der Waals surface area contributed by atoms with Crippen LogP contribution in [0.2, 0.25) is 0 Å². The molecule has 0 radical (unpaired) electrons. The number of nitrogens with zero attached hydrogens (tertiary/aromatic N) is 1. The molecule has 1 aromatic heterocycles. The van der Waals surface area contributed by atoms with Gasteiger partial charge in [0, 0.05) is 11.2 Å². The van der Waals surface area contributed by atoms with Gasteiger partial charge in [0.05, 0.1) is 11.3 Å². The summed E-state index contributed by atoms with van der Waals surface area (Å²) in [5.41, 5.74) is 2.48. The Labute approximate surface area is 131 Å². The van der Waals surface area contributed by atoms with Gasteiger partial charge < -0.3 is 4.90 Å². The Morgan fingerprint density at radius 3 is 2.64 bits per heavy atom. The van der Waals surface area contributed by atoms with Crippen LogP contribution in [0.25, 0.3) is 10.1 Å². The Hall–Kier alpha value is -2.46. The molecule has 4 rings (SSSR count). The monoisotopic (exact) mass is 307 g/mol. The minimum atomic E-state index is -0.416. The average molecular weight is 307 g/mol. The van der Waals surface area contributed by atoms with Crippen molar-refractivity contribution in [2.24, 2.45) is 0 Å². The van der Waals surface area contributed by atoms with E-state index in [0.29, 0.717) is 12.1 Å². The molecule has 0 unspecified atom stereocenters. The predicted molar refractivity (Wildman–Crippen MR) is 88.7 cm³/mol. The molecule has 0 atom stereocenters. The minimum Gasteiger partial charge on any atom is -0.304 e. The highest BCUT2D eigenvalue weighted by Gasteiger charge is 2.34. The number of rotatable bonds is 3. The highest BCUT2D eigenvalue weighted by atomic mass is 32.1. The first-order valence-corrected chi connectivity index (χ1v) is 8.04. The first-order chi connectivity index (χ1) is 10.8. The molecule has 0 saturated carbocycles. The standard InChI is InChI=1S/C18H13NO2S/c20-17-14-6-1-3-7-15(14)19(18(17)21)10-9-12-11-22-16-8-4-2-5-13(12)16/h1-8,11H,9-10H2. The maximum absolute atomic E-state index is 12.2. The summed E-state index contributed by atoms with van der Waals surface area (Å²) in [6.45, 7) is 0.530. The van der Waals surface area contributed by atoms with Crippen LogP contribution in [0.3, 0.4) is 0 Å². The van der Waals surface area contributed by atoms with Crippen LogP contribution in [-0.4, -0.2) is 18.2 Å². The van der Waals surface area contributed by atoms with E-state index in [4.69, 9.17) is 0 Å². The van der Waals surface area contributed by atoms with Gasteiger partial charge in [0.15, 0.2) is 0 Å². The number of anilines is 1. The lowest BCUT2D eigenvalue weighted by Gasteiger charge is -2.16. The molecule has 4 heteroatoms. The van der Waals surface area contributed by atoms with E-state index in [1.54, 1.807) is 28.4 Å². The van der Waals surface area contributed by atoms with Crippen LogP contribution in [0.5, 0.6) is 0 Å². The van der Waals surface area contributed by atoms with Crippen molar-refractivity contribution in [3.05, 3.63) is 65.0 Å². The highest BCUT2D eigenvalue weighted by molar-refractivity contribution is 7.17. The molecule has 22 heavy (non-hydrogen) atoms. The van der Waals surface area contributed by atoms with Crippen LogP contribution in [0.1, 0.15) is 15.9 Å². The molecular weight excluding hydrogens is 294 g/mol. The molecule has 0 saturated heterocycles. The molecule has 2 aromatic carbocycles. The van der Waals surface area contributed by atoms with E-state index in [0.717, 1.165) is 12.1 Å². The lowest BCUT2D eigenvalue weighted by Crippen LogP contribution is -2.31. The predicted octanol–water partition coefficient (Wildman–Crippen LogP) is 3.67. The molecular formula is C18H13NO2S. The summed E-state index contributed by atoms with van der Waals surface area (Å²) in [5.74, 6) is -0.813. The summed E-state index contributed by atoms with van der Waals surface area (Å²) in [4.78, 5) is 25.8. The van der Waals surface area contributed by atoms with Crippen molar-refractivity contribution in [1.82, 2.24) is 0 Å². The second-order valence-corrected chi connectivity index (χ2v) is 6.22. The number of amides is 1. The fraction of sp³-hybridized carbons (Fsp3) is 0.111. The van der Waals surface area contributed by atoms with E-state index >= 15 is 0 Å². The van der Waals surface area contributed by atoms with Crippen LogP contribution in [0, 0.1) is 0 Å². The largest absolute Gasteiger partial charge is 0.304 e. The Bertz CT molecular complexity index is 897. The van der Waals surface area contributed by atoms with E-state index in [9.17, 15) is 9.59 Å². The summed E-state index contributed by atoms with van der Waals surface area (Å²) < 4.78 is 1.25. The van der Waals surface area contributed by atoms with Crippen LogP contribution in [0.4, 0.5) is 5.69 Å². The molecule has 3 nitrogen and oxygen atoms in total. The maximum atomic E-state index is 12.2. The topological polar surface area (TPSA) is 37.4 Å². The zero-order valence-corrected chi connectivity index (χ0v) is 12.6. The van der Waals surface area contributed by atoms with E-state index in [1.807, 2.05) is 24.3 Å². The van der Waals surface area contributed by atoms with Gasteiger partial charge in [0.2, 0.25) is 0 Å². The molecule has 0 bridgehead atoms. The highest BCUT2D eigenvalue weighted by Crippen LogP contribution is 2.30. The van der Waals surface area contributed by atoms with Crippen molar-refractivity contribution in [3.63, 3.8) is 0 Å². The molecule has 0 aliphatic carbocycles. The third kappa shape index (κ3) is 1.96. The van der Waals surface area contributed by atoms with E-state index in [-0.39, 0.29) is 0 Å². The van der Waals surface area contributed by atoms with Gasteiger partial charge in [0.1, 0.15) is 0 Å². The van der Waals surface area contributed by atoms with Gasteiger partial charge >= 0.3 is 0 Å². The number of ketones is 1. The second-order valence-electron chi connectivity index (χ2n) is 5.31. The van der Waals surface area contributed by atoms with E-state index in [1.165, 1.54) is 15.6 Å². The van der Waals surface area contributed by atoms with Gasteiger partial charge in [-0.25, -0.2) is 0 Å². The number of carbonyl (C=O) groups excluding carboxylic acids is 2. The van der Waals surface area contributed by atoms with Gasteiger partial charge in [0.25, 0.3) is 11.7 Å². The van der Waals surface area contributed by atoms with Crippen LogP contribution < -0.4 is 4.90 Å². The van der Waals surface area contributed by atoms with Crippen molar-refractivity contribution < 1.29 is 9.59 Å². The van der Waals surface area contributed by atoms with Crippen molar-refractivity contribution in [3.8, 4) is 0 Å². The number of para-hydroxylation sites is 1. The Balaban J connectivity index is 1.62. The zero-order valence-electron chi connectivity index (χ0n) is 11.8. The van der Waals surface area contributed by atoms with Crippen molar-refractivity contribution in [1.29, 1.82) is 0 Å². The number of thiophene rings is 1. The lowest BCUT2D eigenvalue weighted by molar-refractivity contribution is -0.114. The quantitative estimate of drug-likeness (QED) is 0.692. The Morgan fingerprint density at radius 2 is 1.73 bits per heavy atom. The molecule has 0 fully saturated rings. The van der Waals surface area contributed by atoms with Crippen molar-refractivity contribution in [2.75, 3.05) is 11.4 Å². The van der Waals surface area contributed by atoms with E-state index in [2.05, 4.69) is 17.5 Å². The van der Waals surface area contributed by atoms with E-state index < -0.39 is 11.7 Å². The summed E-state index contributed by atoms with van der Waals surface area (Å²) >= 11 is 1.71. The molecule has 0 spiro atoms. The maximum Gasteiger partial charge on any atom is 0.299 e. The normalized spacial score (nSPS) is 13.9. The number of benzene rings is 2. The van der Waals surface area contributed by atoms with Crippen molar-refractivity contribution in [2.45, 2.75) is 6.42 Å². The first kappa shape index (κ1) is 13.2. The SMILES string of the molecule is O=C1C(=O)N(CCc2csc3ccccc23)c2ccccc21. The second kappa shape index (κ2) is 5.07. The van der Waals surface area contributed by atoms with Crippen LogP contribution in [-0.2, 0) is 11.2 Å². The average Bonchev–Trinajstić information content (AvgIpc) is 3.07. The molecule has 2 heterocycles. The third-order valence-corrected chi connectivity index (χ3v) is 5.06. The molecule has 3 aromatic rings. The number of carbonyl (C=O) groups is 2. The lowest BCUT2D eigenvalue weighted by atomic mass is 10.1. The summed E-state index contributed by atoms with van der Waals surface area (Å²) in [5, 5.41) is 3.37. The van der Waals surface area contributed by atoms with Gasteiger partial charge in [-0.1, -0.05) is 30.3 Å². The summed E-state index contributed by atoms with van der Waals surface area (Å²) in [7, 11) is 0. The third-order valence-electron chi connectivity index (χ3n) is 4.04. The zero-order chi connectivity index (χ0) is 15.1. The van der Waals surface area contributed by atoms with Gasteiger partial charge in [-0.05, 0) is 40.9 Å². The molecule has 1 aliphatic rings. The first-order valence-electron chi connectivity index (χ1n) is 7.16. The fourth-order valence-electron chi connectivity index (χ4n) is 2.93.